The summed E-state index contributed by atoms with van der Waals surface area (Å²) < 4.78 is 25.5. The number of hydrogen-bond acceptors (Lipinski definition) is 4. The average Bonchev–Trinajstić information content (AvgIpc) is 3.08. The van der Waals surface area contributed by atoms with Gasteiger partial charge in [0.25, 0.3) is 5.91 Å². The van der Waals surface area contributed by atoms with Crippen LogP contribution in [0.25, 0.3) is 11.3 Å². The number of aryl methyl sites for hydroxylation is 1. The highest BCUT2D eigenvalue weighted by Crippen LogP contribution is 2.30. The maximum absolute atomic E-state index is 12.7. The van der Waals surface area contributed by atoms with Crippen molar-refractivity contribution >= 4 is 38.9 Å². The molecule has 0 spiro atoms. The van der Waals surface area contributed by atoms with Gasteiger partial charge in [0.05, 0.1) is 22.2 Å². The topological polar surface area (TPSA) is 79.4 Å². The van der Waals surface area contributed by atoms with Crippen molar-refractivity contribution in [2.24, 2.45) is 0 Å². The molecular weight excluding hydrogens is 422 g/mol. The zero-order valence-corrected chi connectivity index (χ0v) is 17.9. The first-order valence-electron chi connectivity index (χ1n) is 9.48. The van der Waals surface area contributed by atoms with Gasteiger partial charge in [0.1, 0.15) is 0 Å². The van der Waals surface area contributed by atoms with Crippen LogP contribution in [0.15, 0.2) is 60.8 Å². The molecule has 1 amide bonds. The van der Waals surface area contributed by atoms with E-state index in [1.54, 1.807) is 48.7 Å². The van der Waals surface area contributed by atoms with E-state index in [-0.39, 0.29) is 11.7 Å². The smallest absolute Gasteiger partial charge is 0.255 e. The minimum atomic E-state index is -3.25. The summed E-state index contributed by atoms with van der Waals surface area (Å²) in [5, 5.41) is 3.40. The van der Waals surface area contributed by atoms with Gasteiger partial charge in [0, 0.05) is 29.6 Å². The van der Waals surface area contributed by atoms with E-state index in [0.717, 1.165) is 16.8 Å². The van der Waals surface area contributed by atoms with Crippen molar-refractivity contribution in [1.29, 1.82) is 0 Å². The molecule has 4 rings (SSSR count). The van der Waals surface area contributed by atoms with Gasteiger partial charge in [-0.05, 0) is 73.5 Å². The number of aromatic nitrogens is 1. The summed E-state index contributed by atoms with van der Waals surface area (Å²) in [4.78, 5) is 17.0. The summed E-state index contributed by atoms with van der Waals surface area (Å²) in [5.74, 6) is -0.138. The third-order valence-corrected chi connectivity index (χ3v) is 7.13. The predicted molar refractivity (Wildman–Crippen MR) is 120 cm³/mol. The number of sulfonamides is 1. The van der Waals surface area contributed by atoms with E-state index >= 15 is 0 Å². The van der Waals surface area contributed by atoms with Crippen LogP contribution in [-0.2, 0) is 10.0 Å². The van der Waals surface area contributed by atoms with Crippen LogP contribution in [-0.4, -0.2) is 31.6 Å². The fourth-order valence-electron chi connectivity index (χ4n) is 3.39. The summed E-state index contributed by atoms with van der Waals surface area (Å²) in [5.41, 5.74) is 4.11. The number of carbonyl (C=O) groups is 1. The summed E-state index contributed by atoms with van der Waals surface area (Å²) in [6.45, 7) is 2.44. The van der Waals surface area contributed by atoms with E-state index < -0.39 is 10.0 Å². The van der Waals surface area contributed by atoms with Crippen molar-refractivity contribution in [3.05, 3.63) is 76.9 Å². The number of pyridine rings is 1. The maximum atomic E-state index is 12.7. The molecule has 8 heteroatoms. The molecule has 0 atom stereocenters. The van der Waals surface area contributed by atoms with Crippen molar-refractivity contribution in [3.8, 4) is 11.3 Å². The molecule has 1 aliphatic heterocycles. The van der Waals surface area contributed by atoms with Gasteiger partial charge >= 0.3 is 0 Å². The Morgan fingerprint density at radius 1 is 1.10 bits per heavy atom. The molecule has 0 aliphatic carbocycles. The number of nitrogens with zero attached hydrogens (tertiary/aromatic N) is 2. The first kappa shape index (κ1) is 20.4. The Bertz CT molecular complexity index is 1210. The molecule has 2 heterocycles. The number of benzene rings is 2. The lowest BCUT2D eigenvalue weighted by Crippen LogP contribution is -2.25. The zero-order valence-electron chi connectivity index (χ0n) is 16.3. The molecule has 1 aromatic heterocycles. The molecular formula is C22H20ClN3O3S. The zero-order chi connectivity index (χ0) is 21.3. The van der Waals surface area contributed by atoms with E-state index in [2.05, 4.69) is 10.3 Å². The van der Waals surface area contributed by atoms with E-state index in [0.29, 0.717) is 34.9 Å². The third kappa shape index (κ3) is 4.17. The second-order valence-electron chi connectivity index (χ2n) is 7.16. The summed E-state index contributed by atoms with van der Waals surface area (Å²) in [7, 11) is -3.25. The summed E-state index contributed by atoms with van der Waals surface area (Å²) >= 11 is 6.33. The second-order valence-corrected chi connectivity index (χ2v) is 9.58. The average molecular weight is 442 g/mol. The third-order valence-electron chi connectivity index (χ3n) is 4.93. The number of halogens is 1. The lowest BCUT2D eigenvalue weighted by Gasteiger charge is -2.17. The number of hydrogen-bond donors (Lipinski definition) is 1. The molecule has 0 saturated carbocycles. The minimum absolute atomic E-state index is 0.157. The molecule has 6 nitrogen and oxygen atoms in total. The highest BCUT2D eigenvalue weighted by Gasteiger charge is 2.28. The molecule has 1 fully saturated rings. The van der Waals surface area contributed by atoms with Gasteiger partial charge in [0.15, 0.2) is 0 Å². The minimum Gasteiger partial charge on any atom is -0.322 e. The molecule has 1 saturated heterocycles. The maximum Gasteiger partial charge on any atom is 0.255 e. The Kier molecular flexibility index (Phi) is 5.49. The number of carbonyl (C=O) groups excluding carboxylic acids is 1. The fourth-order valence-corrected chi connectivity index (χ4v) is 5.17. The van der Waals surface area contributed by atoms with Gasteiger partial charge < -0.3 is 5.32 Å². The van der Waals surface area contributed by atoms with Crippen LogP contribution in [0.2, 0.25) is 5.02 Å². The van der Waals surface area contributed by atoms with Crippen molar-refractivity contribution in [1.82, 2.24) is 4.98 Å². The molecule has 1 N–H and O–H groups in total. The van der Waals surface area contributed by atoms with Gasteiger partial charge in [0.2, 0.25) is 10.0 Å². The predicted octanol–water partition coefficient (Wildman–Crippen LogP) is 4.50. The quantitative estimate of drug-likeness (QED) is 0.646. The Hall–Kier alpha value is -2.90. The SMILES string of the molecule is Cc1ccnc(-c2cc(NC(=O)c3ccc(N4CCCS4(=O)=O)cc3)ccc2Cl)c1. The van der Waals surface area contributed by atoms with Crippen LogP contribution in [0, 0.1) is 6.92 Å². The Balaban J connectivity index is 1.54. The van der Waals surface area contributed by atoms with Crippen LogP contribution < -0.4 is 9.62 Å². The fraction of sp³-hybridized carbons (Fsp3) is 0.182. The first-order chi connectivity index (χ1) is 14.3. The monoisotopic (exact) mass is 441 g/mol. The number of amides is 1. The summed E-state index contributed by atoms with van der Waals surface area (Å²) in [6.07, 6.45) is 2.33. The number of anilines is 2. The Morgan fingerprint density at radius 2 is 1.87 bits per heavy atom. The van der Waals surface area contributed by atoms with Crippen molar-refractivity contribution in [2.75, 3.05) is 21.9 Å². The lowest BCUT2D eigenvalue weighted by molar-refractivity contribution is 0.102. The van der Waals surface area contributed by atoms with E-state index in [9.17, 15) is 13.2 Å². The molecule has 2 aromatic carbocycles. The largest absolute Gasteiger partial charge is 0.322 e. The number of rotatable bonds is 4. The van der Waals surface area contributed by atoms with Crippen LogP contribution >= 0.6 is 11.6 Å². The summed E-state index contributed by atoms with van der Waals surface area (Å²) in [6, 6.07) is 15.6. The molecule has 0 bridgehead atoms. The van der Waals surface area contributed by atoms with E-state index in [1.165, 1.54) is 4.31 Å². The standard InChI is InChI=1S/C22H20ClN3O3S/c1-15-9-10-24-21(13-15)19-14-17(5-8-20(19)23)25-22(27)16-3-6-18(7-4-16)26-11-2-12-30(26,28)29/h3-10,13-14H,2,11-12H2,1H3,(H,25,27). The molecule has 3 aromatic rings. The van der Waals surface area contributed by atoms with Crippen LogP contribution in [0.1, 0.15) is 22.3 Å². The van der Waals surface area contributed by atoms with E-state index in [4.69, 9.17) is 11.6 Å². The van der Waals surface area contributed by atoms with Crippen LogP contribution in [0.5, 0.6) is 0 Å². The Labute approximate surface area is 180 Å². The van der Waals surface area contributed by atoms with Gasteiger partial charge in [-0.3, -0.25) is 14.1 Å². The van der Waals surface area contributed by atoms with Crippen LogP contribution in [0.3, 0.4) is 0 Å². The van der Waals surface area contributed by atoms with Crippen LogP contribution in [0.4, 0.5) is 11.4 Å². The second kappa shape index (κ2) is 8.08. The van der Waals surface area contributed by atoms with Gasteiger partial charge in [-0.2, -0.15) is 0 Å². The van der Waals surface area contributed by atoms with Gasteiger partial charge in [-0.25, -0.2) is 8.42 Å². The van der Waals surface area contributed by atoms with Gasteiger partial charge in [-0.1, -0.05) is 11.6 Å². The molecule has 30 heavy (non-hydrogen) atoms. The Morgan fingerprint density at radius 3 is 2.53 bits per heavy atom. The highest BCUT2D eigenvalue weighted by molar-refractivity contribution is 7.93. The number of nitrogens with one attached hydrogen (secondary N) is 1. The normalized spacial score (nSPS) is 15.2. The molecule has 1 aliphatic rings. The molecule has 0 radical (unpaired) electrons. The first-order valence-corrected chi connectivity index (χ1v) is 11.5. The van der Waals surface area contributed by atoms with E-state index in [1.807, 2.05) is 19.1 Å². The van der Waals surface area contributed by atoms with Crippen molar-refractivity contribution in [3.63, 3.8) is 0 Å². The van der Waals surface area contributed by atoms with Crippen molar-refractivity contribution in [2.45, 2.75) is 13.3 Å². The molecule has 0 unspecified atom stereocenters. The molecule has 154 valence electrons. The lowest BCUT2D eigenvalue weighted by atomic mass is 10.1. The van der Waals surface area contributed by atoms with Crippen molar-refractivity contribution < 1.29 is 13.2 Å². The van der Waals surface area contributed by atoms with Gasteiger partial charge in [-0.15, -0.1) is 0 Å². The highest BCUT2D eigenvalue weighted by atomic mass is 35.5.